The highest BCUT2D eigenvalue weighted by Gasteiger charge is 2.16. The second-order valence-corrected chi connectivity index (χ2v) is 5.95. The van der Waals surface area contributed by atoms with E-state index in [0.717, 1.165) is 17.5 Å². The first-order valence-electron chi connectivity index (χ1n) is 7.77. The van der Waals surface area contributed by atoms with Crippen molar-refractivity contribution < 1.29 is 4.79 Å². The Morgan fingerprint density at radius 2 is 1.68 bits per heavy atom. The van der Waals surface area contributed by atoms with Crippen LogP contribution in [0.3, 0.4) is 0 Å². The van der Waals surface area contributed by atoms with Gasteiger partial charge in [-0.1, -0.05) is 62.4 Å². The van der Waals surface area contributed by atoms with Gasteiger partial charge in [-0.2, -0.15) is 0 Å². The van der Waals surface area contributed by atoms with E-state index in [4.69, 9.17) is 5.73 Å². The minimum atomic E-state index is -0.0597. The van der Waals surface area contributed by atoms with Crippen LogP contribution in [-0.2, 0) is 0 Å². The minimum Gasteiger partial charge on any atom is -0.348 e. The summed E-state index contributed by atoms with van der Waals surface area (Å²) in [5, 5.41) is 3.06. The molecule has 1 atom stereocenters. The molecule has 116 valence electrons. The lowest BCUT2D eigenvalue weighted by Crippen LogP contribution is -2.41. The molecule has 2 aromatic rings. The van der Waals surface area contributed by atoms with E-state index in [0.29, 0.717) is 18.0 Å². The van der Waals surface area contributed by atoms with Gasteiger partial charge >= 0.3 is 0 Å². The molecule has 0 fully saturated rings. The smallest absolute Gasteiger partial charge is 0.252 e. The summed E-state index contributed by atoms with van der Waals surface area (Å²) < 4.78 is 0. The fourth-order valence-corrected chi connectivity index (χ4v) is 2.60. The molecule has 3 nitrogen and oxygen atoms in total. The van der Waals surface area contributed by atoms with Crippen molar-refractivity contribution in [1.29, 1.82) is 0 Å². The monoisotopic (exact) mass is 296 g/mol. The number of hydrogen-bond acceptors (Lipinski definition) is 2. The number of carbonyl (C=O) groups is 1. The summed E-state index contributed by atoms with van der Waals surface area (Å²) >= 11 is 0. The molecule has 2 aromatic carbocycles. The molecule has 2 rings (SSSR count). The van der Waals surface area contributed by atoms with Crippen molar-refractivity contribution in [3.05, 3.63) is 60.2 Å². The first kappa shape index (κ1) is 16.2. The summed E-state index contributed by atoms with van der Waals surface area (Å²) in [5.74, 6) is 0.439. The lowest BCUT2D eigenvalue weighted by atomic mass is 9.98. The van der Waals surface area contributed by atoms with Crippen LogP contribution in [0.5, 0.6) is 0 Å². The molecule has 0 unspecified atom stereocenters. The number of nitrogens with two attached hydrogens (primary N) is 1. The third-order valence-corrected chi connectivity index (χ3v) is 3.63. The summed E-state index contributed by atoms with van der Waals surface area (Å²) in [5.41, 5.74) is 8.46. The second kappa shape index (κ2) is 7.76. The summed E-state index contributed by atoms with van der Waals surface area (Å²) in [7, 11) is 0. The van der Waals surface area contributed by atoms with E-state index in [-0.39, 0.29) is 11.9 Å². The SMILES string of the molecule is CC(C)C[C@H](CN)NC(=O)c1ccccc1-c1ccccc1. The number of benzene rings is 2. The van der Waals surface area contributed by atoms with Crippen molar-refractivity contribution >= 4 is 5.91 Å². The molecule has 0 saturated carbocycles. The average Bonchev–Trinajstić information content (AvgIpc) is 2.54. The molecule has 3 heteroatoms. The van der Waals surface area contributed by atoms with E-state index in [1.165, 1.54) is 0 Å². The number of amides is 1. The zero-order valence-electron chi connectivity index (χ0n) is 13.3. The van der Waals surface area contributed by atoms with Crippen molar-refractivity contribution in [2.24, 2.45) is 11.7 Å². The van der Waals surface area contributed by atoms with Crippen molar-refractivity contribution in [2.45, 2.75) is 26.3 Å². The topological polar surface area (TPSA) is 55.1 Å². The van der Waals surface area contributed by atoms with E-state index in [1.807, 2.05) is 54.6 Å². The Hall–Kier alpha value is -2.13. The van der Waals surface area contributed by atoms with Gasteiger partial charge in [-0.25, -0.2) is 0 Å². The molecule has 0 saturated heterocycles. The molecule has 1 amide bonds. The Balaban J connectivity index is 2.23. The lowest BCUT2D eigenvalue weighted by molar-refractivity contribution is 0.0934. The molecule has 0 aliphatic heterocycles. The van der Waals surface area contributed by atoms with E-state index in [2.05, 4.69) is 19.2 Å². The quantitative estimate of drug-likeness (QED) is 0.857. The molecule has 0 aliphatic carbocycles. The maximum absolute atomic E-state index is 12.6. The van der Waals surface area contributed by atoms with Gasteiger partial charge in [0.15, 0.2) is 0 Å². The zero-order valence-corrected chi connectivity index (χ0v) is 13.3. The van der Waals surface area contributed by atoms with Gasteiger partial charge in [-0.3, -0.25) is 4.79 Å². The summed E-state index contributed by atoms with van der Waals surface area (Å²) in [6.07, 6.45) is 0.885. The molecule has 0 heterocycles. The van der Waals surface area contributed by atoms with E-state index in [1.54, 1.807) is 0 Å². The normalized spacial score (nSPS) is 12.2. The Bertz CT molecular complexity index is 608. The van der Waals surface area contributed by atoms with Gasteiger partial charge in [0.2, 0.25) is 0 Å². The van der Waals surface area contributed by atoms with Crippen LogP contribution in [0, 0.1) is 5.92 Å². The minimum absolute atomic E-state index is 0.0105. The third kappa shape index (κ3) is 4.18. The molecule has 0 spiro atoms. The maximum Gasteiger partial charge on any atom is 0.252 e. The van der Waals surface area contributed by atoms with E-state index in [9.17, 15) is 4.79 Å². The van der Waals surface area contributed by atoms with Crippen LogP contribution in [0.15, 0.2) is 54.6 Å². The van der Waals surface area contributed by atoms with Crippen molar-refractivity contribution in [1.82, 2.24) is 5.32 Å². The fraction of sp³-hybridized carbons (Fsp3) is 0.316. The summed E-state index contributed by atoms with van der Waals surface area (Å²) in [4.78, 5) is 12.6. The Kier molecular flexibility index (Phi) is 5.73. The van der Waals surface area contributed by atoms with Gasteiger partial charge in [0.05, 0.1) is 0 Å². The average molecular weight is 296 g/mol. The molecular formula is C19H24N2O. The summed E-state index contributed by atoms with van der Waals surface area (Å²) in [6.45, 7) is 4.72. The van der Waals surface area contributed by atoms with Gasteiger partial charge in [0.25, 0.3) is 5.91 Å². The molecule has 0 aromatic heterocycles. The highest BCUT2D eigenvalue weighted by atomic mass is 16.1. The van der Waals surface area contributed by atoms with Crippen LogP contribution in [0.1, 0.15) is 30.6 Å². The maximum atomic E-state index is 12.6. The van der Waals surface area contributed by atoms with Crippen molar-refractivity contribution in [3.63, 3.8) is 0 Å². The highest BCUT2D eigenvalue weighted by Crippen LogP contribution is 2.23. The van der Waals surface area contributed by atoms with Gasteiger partial charge in [0, 0.05) is 18.2 Å². The predicted octanol–water partition coefficient (Wildman–Crippen LogP) is 3.46. The molecule has 0 radical (unpaired) electrons. The van der Waals surface area contributed by atoms with Gasteiger partial charge in [-0.15, -0.1) is 0 Å². The van der Waals surface area contributed by atoms with Gasteiger partial charge < -0.3 is 11.1 Å². The lowest BCUT2D eigenvalue weighted by Gasteiger charge is -2.20. The predicted molar refractivity (Wildman–Crippen MR) is 91.6 cm³/mol. The molecular weight excluding hydrogens is 272 g/mol. The standard InChI is InChI=1S/C19H24N2O/c1-14(2)12-16(13-20)21-19(22)18-11-7-6-10-17(18)15-8-4-3-5-9-15/h3-11,14,16H,12-13,20H2,1-2H3,(H,21,22)/t16-/m1/s1. The van der Waals surface area contributed by atoms with Crippen LogP contribution in [0.25, 0.3) is 11.1 Å². The third-order valence-electron chi connectivity index (χ3n) is 3.63. The molecule has 22 heavy (non-hydrogen) atoms. The van der Waals surface area contributed by atoms with Gasteiger partial charge in [0.1, 0.15) is 0 Å². The first-order valence-corrected chi connectivity index (χ1v) is 7.77. The zero-order chi connectivity index (χ0) is 15.9. The second-order valence-electron chi connectivity index (χ2n) is 5.95. The first-order chi connectivity index (χ1) is 10.6. The number of hydrogen-bond donors (Lipinski definition) is 2. The molecule has 0 bridgehead atoms. The highest BCUT2D eigenvalue weighted by molar-refractivity contribution is 6.01. The van der Waals surface area contributed by atoms with Gasteiger partial charge in [-0.05, 0) is 29.5 Å². The number of carbonyl (C=O) groups excluding carboxylic acids is 1. The largest absolute Gasteiger partial charge is 0.348 e. The number of nitrogens with one attached hydrogen (secondary N) is 1. The van der Waals surface area contributed by atoms with Crippen LogP contribution in [0.2, 0.25) is 0 Å². The van der Waals surface area contributed by atoms with E-state index >= 15 is 0 Å². The van der Waals surface area contributed by atoms with Crippen molar-refractivity contribution in [3.8, 4) is 11.1 Å². The Morgan fingerprint density at radius 1 is 1.05 bits per heavy atom. The fourth-order valence-electron chi connectivity index (χ4n) is 2.60. The molecule has 0 aliphatic rings. The van der Waals surface area contributed by atoms with Crippen LogP contribution in [-0.4, -0.2) is 18.5 Å². The van der Waals surface area contributed by atoms with Crippen LogP contribution in [0.4, 0.5) is 0 Å². The summed E-state index contributed by atoms with van der Waals surface area (Å²) in [6, 6.07) is 17.6. The number of rotatable bonds is 6. The Labute approximate surface area is 132 Å². The van der Waals surface area contributed by atoms with Crippen LogP contribution < -0.4 is 11.1 Å². The van der Waals surface area contributed by atoms with Crippen LogP contribution >= 0.6 is 0 Å². The van der Waals surface area contributed by atoms with Crippen molar-refractivity contribution in [2.75, 3.05) is 6.54 Å². The molecule has 3 N–H and O–H groups in total. The van der Waals surface area contributed by atoms with E-state index < -0.39 is 0 Å². The Morgan fingerprint density at radius 3 is 2.32 bits per heavy atom.